The molecular formula is C11H10ClNO. The summed E-state index contributed by atoms with van der Waals surface area (Å²) in [5.74, 6) is 0. The van der Waals surface area contributed by atoms with Crippen LogP contribution in [-0.2, 0) is 17.6 Å². The lowest BCUT2D eigenvalue weighted by molar-refractivity contribution is 0.487. The molecule has 1 aliphatic carbocycles. The highest BCUT2D eigenvalue weighted by molar-refractivity contribution is 6.31. The standard InChI is InChI=1S/C11H10ClNO/c1-11(13-7-14)5-8-3-2-4-10(12)9(8)6-11/h2-4H,5-6H2,1H3. The van der Waals surface area contributed by atoms with E-state index in [0.717, 1.165) is 23.4 Å². The number of hydrogen-bond donors (Lipinski definition) is 0. The summed E-state index contributed by atoms with van der Waals surface area (Å²) < 4.78 is 0. The van der Waals surface area contributed by atoms with Crippen LogP contribution in [-0.4, -0.2) is 11.6 Å². The van der Waals surface area contributed by atoms with Gasteiger partial charge in [0.05, 0.1) is 5.54 Å². The number of nitrogens with zero attached hydrogens (tertiary/aromatic N) is 1. The molecule has 14 heavy (non-hydrogen) atoms. The lowest BCUT2D eigenvalue weighted by Gasteiger charge is -2.14. The van der Waals surface area contributed by atoms with Gasteiger partial charge >= 0.3 is 0 Å². The summed E-state index contributed by atoms with van der Waals surface area (Å²) in [4.78, 5) is 14.1. The van der Waals surface area contributed by atoms with Crippen molar-refractivity contribution in [3.8, 4) is 0 Å². The molecule has 72 valence electrons. The highest BCUT2D eigenvalue weighted by Gasteiger charge is 2.33. The van der Waals surface area contributed by atoms with Crippen LogP contribution in [0, 0.1) is 0 Å². The largest absolute Gasteiger partial charge is 0.235 e. The van der Waals surface area contributed by atoms with Gasteiger partial charge in [-0.2, -0.15) is 4.99 Å². The maximum Gasteiger partial charge on any atom is 0.235 e. The molecule has 1 unspecified atom stereocenters. The van der Waals surface area contributed by atoms with Crippen LogP contribution in [0.25, 0.3) is 0 Å². The van der Waals surface area contributed by atoms with Crippen LogP contribution in [0.3, 0.4) is 0 Å². The molecule has 2 nitrogen and oxygen atoms in total. The third kappa shape index (κ3) is 1.47. The summed E-state index contributed by atoms with van der Waals surface area (Å²) >= 11 is 6.06. The zero-order chi connectivity index (χ0) is 10.2. The Morgan fingerprint density at radius 3 is 2.93 bits per heavy atom. The van der Waals surface area contributed by atoms with Gasteiger partial charge in [0.2, 0.25) is 6.08 Å². The van der Waals surface area contributed by atoms with Crippen molar-refractivity contribution in [1.29, 1.82) is 0 Å². The van der Waals surface area contributed by atoms with Gasteiger partial charge in [0, 0.05) is 11.4 Å². The Balaban J connectivity index is 2.43. The average Bonchev–Trinajstić information content (AvgIpc) is 2.44. The molecule has 0 spiro atoms. The molecule has 3 heteroatoms. The second-order valence-electron chi connectivity index (χ2n) is 3.93. The molecule has 2 rings (SSSR count). The van der Waals surface area contributed by atoms with Crippen LogP contribution < -0.4 is 0 Å². The maximum atomic E-state index is 10.3. The minimum Gasteiger partial charge on any atom is -0.211 e. The molecule has 1 aromatic carbocycles. The highest BCUT2D eigenvalue weighted by Crippen LogP contribution is 2.36. The Morgan fingerprint density at radius 2 is 2.29 bits per heavy atom. The van der Waals surface area contributed by atoms with E-state index in [4.69, 9.17) is 11.6 Å². The van der Waals surface area contributed by atoms with E-state index in [-0.39, 0.29) is 5.54 Å². The molecule has 0 heterocycles. The molecule has 0 amide bonds. The van der Waals surface area contributed by atoms with Crippen molar-refractivity contribution in [1.82, 2.24) is 0 Å². The Bertz CT molecular complexity index is 423. The lowest BCUT2D eigenvalue weighted by atomic mass is 10.0. The first-order valence-corrected chi connectivity index (χ1v) is 4.88. The van der Waals surface area contributed by atoms with Crippen molar-refractivity contribution >= 4 is 17.7 Å². The van der Waals surface area contributed by atoms with Crippen LogP contribution in [0.1, 0.15) is 18.1 Å². The average molecular weight is 208 g/mol. The van der Waals surface area contributed by atoms with Gasteiger partial charge in [-0.3, -0.25) is 0 Å². The molecule has 1 aromatic rings. The number of isocyanates is 1. The van der Waals surface area contributed by atoms with Crippen LogP contribution in [0.4, 0.5) is 0 Å². The zero-order valence-electron chi connectivity index (χ0n) is 7.88. The summed E-state index contributed by atoms with van der Waals surface area (Å²) in [5.41, 5.74) is 1.98. The summed E-state index contributed by atoms with van der Waals surface area (Å²) in [6.45, 7) is 1.95. The smallest absolute Gasteiger partial charge is 0.211 e. The molecule has 0 saturated heterocycles. The van der Waals surface area contributed by atoms with Crippen LogP contribution in [0.5, 0.6) is 0 Å². The van der Waals surface area contributed by atoms with E-state index in [1.807, 2.05) is 25.1 Å². The maximum absolute atomic E-state index is 10.3. The van der Waals surface area contributed by atoms with Gasteiger partial charge < -0.3 is 0 Å². The van der Waals surface area contributed by atoms with Crippen molar-refractivity contribution in [3.05, 3.63) is 34.3 Å². The van der Waals surface area contributed by atoms with Crippen LogP contribution in [0.2, 0.25) is 5.02 Å². The normalized spacial score (nSPS) is 24.1. The van der Waals surface area contributed by atoms with Gasteiger partial charge in [-0.15, -0.1) is 0 Å². The van der Waals surface area contributed by atoms with E-state index in [2.05, 4.69) is 4.99 Å². The Morgan fingerprint density at radius 1 is 1.50 bits per heavy atom. The van der Waals surface area contributed by atoms with E-state index in [9.17, 15) is 4.79 Å². The van der Waals surface area contributed by atoms with Crippen LogP contribution in [0.15, 0.2) is 23.2 Å². The molecule has 0 aliphatic heterocycles. The Hall–Kier alpha value is -1.11. The summed E-state index contributed by atoms with van der Waals surface area (Å²) in [6, 6.07) is 5.83. The van der Waals surface area contributed by atoms with Crippen molar-refractivity contribution < 1.29 is 4.79 Å². The topological polar surface area (TPSA) is 29.4 Å². The molecule has 1 aliphatic rings. The highest BCUT2D eigenvalue weighted by atomic mass is 35.5. The first kappa shape index (κ1) is 9.45. The summed E-state index contributed by atoms with van der Waals surface area (Å²) in [7, 11) is 0. The second-order valence-corrected chi connectivity index (χ2v) is 4.34. The quantitative estimate of drug-likeness (QED) is 0.514. The number of aliphatic imine (C=N–C) groups is 1. The fourth-order valence-corrected chi connectivity index (χ4v) is 2.27. The number of hydrogen-bond acceptors (Lipinski definition) is 2. The molecular weight excluding hydrogens is 198 g/mol. The Kier molecular flexibility index (Phi) is 2.18. The second kappa shape index (κ2) is 3.23. The monoisotopic (exact) mass is 207 g/mol. The van der Waals surface area contributed by atoms with E-state index < -0.39 is 0 Å². The zero-order valence-corrected chi connectivity index (χ0v) is 8.64. The van der Waals surface area contributed by atoms with Crippen LogP contribution >= 0.6 is 11.6 Å². The number of fused-ring (bicyclic) bond motifs is 1. The summed E-state index contributed by atoms with van der Waals surface area (Å²) in [5, 5.41) is 0.771. The Labute approximate surface area is 87.6 Å². The lowest BCUT2D eigenvalue weighted by Crippen LogP contribution is -2.21. The third-order valence-corrected chi connectivity index (χ3v) is 3.01. The van der Waals surface area contributed by atoms with Crippen molar-refractivity contribution in [2.75, 3.05) is 0 Å². The number of rotatable bonds is 1. The van der Waals surface area contributed by atoms with E-state index in [1.165, 1.54) is 5.56 Å². The number of halogens is 1. The summed E-state index contributed by atoms with van der Waals surface area (Å²) in [6.07, 6.45) is 3.15. The van der Waals surface area contributed by atoms with Gasteiger partial charge in [0.25, 0.3) is 0 Å². The first-order valence-electron chi connectivity index (χ1n) is 4.50. The van der Waals surface area contributed by atoms with Gasteiger partial charge in [-0.1, -0.05) is 23.7 Å². The van der Waals surface area contributed by atoms with Crippen molar-refractivity contribution in [2.45, 2.75) is 25.3 Å². The van der Waals surface area contributed by atoms with Gasteiger partial charge in [0.1, 0.15) is 0 Å². The molecule has 0 fully saturated rings. The van der Waals surface area contributed by atoms with Gasteiger partial charge in [-0.05, 0) is 30.5 Å². The van der Waals surface area contributed by atoms with Gasteiger partial charge in [-0.25, -0.2) is 4.79 Å². The molecule has 0 saturated carbocycles. The number of benzene rings is 1. The minimum absolute atomic E-state index is 0.338. The predicted octanol–water partition coefficient (Wildman–Crippen LogP) is 2.53. The molecule has 0 N–H and O–H groups in total. The van der Waals surface area contributed by atoms with Crippen molar-refractivity contribution in [3.63, 3.8) is 0 Å². The molecule has 0 aromatic heterocycles. The van der Waals surface area contributed by atoms with Gasteiger partial charge in [0.15, 0.2) is 0 Å². The molecule has 0 radical (unpaired) electrons. The number of carbonyl (C=O) groups excluding carboxylic acids is 1. The molecule has 1 atom stereocenters. The predicted molar refractivity (Wildman–Crippen MR) is 55.4 cm³/mol. The van der Waals surface area contributed by atoms with Crippen molar-refractivity contribution in [2.24, 2.45) is 4.99 Å². The van der Waals surface area contributed by atoms with E-state index in [1.54, 1.807) is 6.08 Å². The molecule has 0 bridgehead atoms. The SMILES string of the molecule is CC1(N=C=O)Cc2cccc(Cl)c2C1. The fourth-order valence-electron chi connectivity index (χ4n) is 2.01. The fraction of sp³-hybridized carbons (Fsp3) is 0.364. The first-order chi connectivity index (χ1) is 6.64. The van der Waals surface area contributed by atoms with E-state index in [0.29, 0.717) is 0 Å². The minimum atomic E-state index is -0.338. The third-order valence-electron chi connectivity index (χ3n) is 2.66. The van der Waals surface area contributed by atoms with E-state index >= 15 is 0 Å².